The van der Waals surface area contributed by atoms with Crippen molar-refractivity contribution in [1.29, 1.82) is 0 Å². The van der Waals surface area contributed by atoms with Crippen LogP contribution in [-0.4, -0.2) is 10.1 Å². The van der Waals surface area contributed by atoms with Crippen molar-refractivity contribution < 1.29 is 5.11 Å². The number of rotatable bonds is 4. The molecule has 20 heavy (non-hydrogen) atoms. The van der Waals surface area contributed by atoms with Crippen LogP contribution in [0.25, 0.3) is 10.2 Å². The van der Waals surface area contributed by atoms with Crippen molar-refractivity contribution >= 4 is 21.6 Å². The molecule has 1 aromatic heterocycles. The van der Waals surface area contributed by atoms with E-state index in [-0.39, 0.29) is 6.04 Å². The van der Waals surface area contributed by atoms with E-state index < -0.39 is 0 Å². The van der Waals surface area contributed by atoms with Crippen LogP contribution in [0.15, 0.2) is 48.5 Å². The molecule has 0 saturated heterocycles. The van der Waals surface area contributed by atoms with Crippen LogP contribution < -0.4 is 5.32 Å². The van der Waals surface area contributed by atoms with Crippen LogP contribution in [0, 0.1) is 0 Å². The Kier molecular flexibility index (Phi) is 3.67. The number of thiazole rings is 1. The first-order chi connectivity index (χ1) is 9.72. The van der Waals surface area contributed by atoms with E-state index in [1.165, 1.54) is 4.70 Å². The van der Waals surface area contributed by atoms with E-state index in [0.717, 1.165) is 22.6 Å². The molecule has 2 N–H and O–H groups in total. The Labute approximate surface area is 121 Å². The zero-order chi connectivity index (χ0) is 13.9. The highest BCUT2D eigenvalue weighted by Crippen LogP contribution is 2.23. The Hall–Kier alpha value is -1.91. The van der Waals surface area contributed by atoms with E-state index in [1.54, 1.807) is 23.5 Å². The highest BCUT2D eigenvalue weighted by molar-refractivity contribution is 7.18. The van der Waals surface area contributed by atoms with Crippen LogP contribution in [0.2, 0.25) is 0 Å². The van der Waals surface area contributed by atoms with E-state index in [2.05, 4.69) is 23.3 Å². The van der Waals surface area contributed by atoms with Crippen molar-refractivity contribution in [3.05, 3.63) is 59.1 Å². The minimum Gasteiger partial charge on any atom is -0.508 e. The maximum Gasteiger partial charge on any atom is 0.115 e. The first-order valence-electron chi connectivity index (χ1n) is 6.59. The SMILES string of the molecule is CC(NCc1nc2ccccc2s1)c1cccc(O)c1. The fourth-order valence-corrected chi connectivity index (χ4v) is 3.07. The summed E-state index contributed by atoms with van der Waals surface area (Å²) in [7, 11) is 0. The zero-order valence-corrected chi connectivity index (χ0v) is 12.0. The molecule has 3 aromatic rings. The quantitative estimate of drug-likeness (QED) is 0.765. The number of benzene rings is 2. The molecule has 0 bridgehead atoms. The Morgan fingerprint density at radius 1 is 1.20 bits per heavy atom. The molecular weight excluding hydrogens is 268 g/mol. The summed E-state index contributed by atoms with van der Waals surface area (Å²) in [6, 6.07) is 15.7. The number of fused-ring (bicyclic) bond motifs is 1. The minimum absolute atomic E-state index is 0.175. The van der Waals surface area contributed by atoms with Gasteiger partial charge in [-0.25, -0.2) is 4.98 Å². The molecule has 0 aliphatic heterocycles. The summed E-state index contributed by atoms with van der Waals surface area (Å²) >= 11 is 1.71. The second-order valence-corrected chi connectivity index (χ2v) is 5.89. The van der Waals surface area contributed by atoms with E-state index in [9.17, 15) is 5.11 Å². The van der Waals surface area contributed by atoms with Gasteiger partial charge in [0.1, 0.15) is 10.8 Å². The van der Waals surface area contributed by atoms with Crippen molar-refractivity contribution in [2.24, 2.45) is 0 Å². The Morgan fingerprint density at radius 3 is 2.85 bits per heavy atom. The predicted molar refractivity (Wildman–Crippen MR) is 83.0 cm³/mol. The molecule has 0 spiro atoms. The number of nitrogens with zero attached hydrogens (tertiary/aromatic N) is 1. The third-order valence-corrected chi connectivity index (χ3v) is 4.30. The summed E-state index contributed by atoms with van der Waals surface area (Å²) in [5, 5.41) is 14.0. The van der Waals surface area contributed by atoms with Gasteiger partial charge in [-0.3, -0.25) is 0 Å². The van der Waals surface area contributed by atoms with Crippen LogP contribution in [-0.2, 0) is 6.54 Å². The van der Waals surface area contributed by atoms with Crippen molar-refractivity contribution in [3.8, 4) is 5.75 Å². The molecule has 0 radical (unpaired) electrons. The molecule has 2 aromatic carbocycles. The standard InChI is InChI=1S/C16H16N2OS/c1-11(12-5-4-6-13(19)9-12)17-10-16-18-14-7-2-3-8-15(14)20-16/h2-9,11,17,19H,10H2,1H3. The van der Waals surface area contributed by atoms with E-state index >= 15 is 0 Å². The summed E-state index contributed by atoms with van der Waals surface area (Å²) in [4.78, 5) is 4.60. The lowest BCUT2D eigenvalue weighted by molar-refractivity contribution is 0.472. The Bertz CT molecular complexity index is 690. The van der Waals surface area contributed by atoms with Gasteiger partial charge in [0, 0.05) is 12.6 Å². The molecule has 0 aliphatic rings. The number of nitrogens with one attached hydrogen (secondary N) is 1. The molecule has 1 atom stereocenters. The third kappa shape index (κ3) is 2.81. The van der Waals surface area contributed by atoms with Gasteiger partial charge < -0.3 is 10.4 Å². The zero-order valence-electron chi connectivity index (χ0n) is 11.2. The first-order valence-corrected chi connectivity index (χ1v) is 7.41. The van der Waals surface area contributed by atoms with Gasteiger partial charge in [-0.2, -0.15) is 0 Å². The molecule has 102 valence electrons. The smallest absolute Gasteiger partial charge is 0.115 e. The van der Waals surface area contributed by atoms with Gasteiger partial charge in [-0.15, -0.1) is 11.3 Å². The van der Waals surface area contributed by atoms with Gasteiger partial charge in [-0.1, -0.05) is 24.3 Å². The highest BCUT2D eigenvalue weighted by Gasteiger charge is 2.08. The summed E-state index contributed by atoms with van der Waals surface area (Å²) in [6.45, 7) is 2.82. The molecule has 0 aliphatic carbocycles. The number of hydrogen-bond acceptors (Lipinski definition) is 4. The number of para-hydroxylation sites is 1. The number of phenols is 1. The molecular formula is C16H16N2OS. The largest absolute Gasteiger partial charge is 0.508 e. The summed E-state index contributed by atoms with van der Waals surface area (Å²) in [6.07, 6.45) is 0. The number of phenolic OH excluding ortho intramolecular Hbond substituents is 1. The third-order valence-electron chi connectivity index (χ3n) is 3.27. The van der Waals surface area contributed by atoms with Crippen molar-refractivity contribution in [1.82, 2.24) is 10.3 Å². The summed E-state index contributed by atoms with van der Waals surface area (Å²) in [5.41, 5.74) is 2.13. The van der Waals surface area contributed by atoms with E-state index in [1.807, 2.05) is 30.3 Å². The van der Waals surface area contributed by atoms with Gasteiger partial charge in [0.05, 0.1) is 10.2 Å². The van der Waals surface area contributed by atoms with Gasteiger partial charge >= 0.3 is 0 Å². The van der Waals surface area contributed by atoms with Crippen LogP contribution in [0.5, 0.6) is 5.75 Å². The second kappa shape index (κ2) is 5.61. The van der Waals surface area contributed by atoms with Gasteiger partial charge in [0.15, 0.2) is 0 Å². The molecule has 1 heterocycles. The predicted octanol–water partition coefficient (Wildman–Crippen LogP) is 3.85. The van der Waals surface area contributed by atoms with Gasteiger partial charge in [-0.05, 0) is 36.8 Å². The fourth-order valence-electron chi connectivity index (χ4n) is 2.15. The average molecular weight is 284 g/mol. The van der Waals surface area contributed by atoms with Gasteiger partial charge in [0.2, 0.25) is 0 Å². The van der Waals surface area contributed by atoms with E-state index in [0.29, 0.717) is 5.75 Å². The molecule has 0 saturated carbocycles. The lowest BCUT2D eigenvalue weighted by atomic mass is 10.1. The maximum atomic E-state index is 9.50. The molecule has 4 heteroatoms. The molecule has 1 unspecified atom stereocenters. The second-order valence-electron chi connectivity index (χ2n) is 4.77. The number of aromatic nitrogens is 1. The molecule has 0 amide bonds. The van der Waals surface area contributed by atoms with Gasteiger partial charge in [0.25, 0.3) is 0 Å². The lowest BCUT2D eigenvalue weighted by Gasteiger charge is -2.13. The molecule has 3 rings (SSSR count). The van der Waals surface area contributed by atoms with Crippen LogP contribution in [0.1, 0.15) is 23.5 Å². The molecule has 3 nitrogen and oxygen atoms in total. The maximum absolute atomic E-state index is 9.50. The summed E-state index contributed by atoms with van der Waals surface area (Å²) < 4.78 is 1.22. The Morgan fingerprint density at radius 2 is 2.05 bits per heavy atom. The lowest BCUT2D eigenvalue weighted by Crippen LogP contribution is -2.17. The van der Waals surface area contributed by atoms with Crippen LogP contribution in [0.3, 0.4) is 0 Å². The fraction of sp³-hybridized carbons (Fsp3) is 0.188. The summed E-state index contributed by atoms with van der Waals surface area (Å²) in [5.74, 6) is 0.302. The van der Waals surface area contributed by atoms with Crippen LogP contribution >= 0.6 is 11.3 Å². The van der Waals surface area contributed by atoms with Crippen molar-refractivity contribution in [2.45, 2.75) is 19.5 Å². The average Bonchev–Trinajstić information content (AvgIpc) is 2.87. The minimum atomic E-state index is 0.175. The highest BCUT2D eigenvalue weighted by atomic mass is 32.1. The molecule has 0 fully saturated rings. The van der Waals surface area contributed by atoms with E-state index in [4.69, 9.17) is 0 Å². The van der Waals surface area contributed by atoms with Crippen molar-refractivity contribution in [3.63, 3.8) is 0 Å². The van der Waals surface area contributed by atoms with Crippen LogP contribution in [0.4, 0.5) is 0 Å². The normalized spacial score (nSPS) is 12.7. The first kappa shape index (κ1) is 13.1. The van der Waals surface area contributed by atoms with Crippen molar-refractivity contribution in [2.75, 3.05) is 0 Å². The topological polar surface area (TPSA) is 45.2 Å². The number of aromatic hydroxyl groups is 1. The monoisotopic (exact) mass is 284 g/mol. The Balaban J connectivity index is 1.69. The number of hydrogen-bond donors (Lipinski definition) is 2.